The fourth-order valence-corrected chi connectivity index (χ4v) is 2.46. The minimum Gasteiger partial charge on any atom is -0.347 e. The summed E-state index contributed by atoms with van der Waals surface area (Å²) in [6, 6.07) is 0. The highest BCUT2D eigenvalue weighted by atomic mass is 16.7. The second-order valence-corrected chi connectivity index (χ2v) is 3.97. The quantitative estimate of drug-likeness (QED) is 0.561. The van der Waals surface area contributed by atoms with Crippen molar-refractivity contribution in [3.05, 3.63) is 11.1 Å². The number of ether oxygens (including phenoxy) is 2. The fourth-order valence-electron chi connectivity index (χ4n) is 2.46. The van der Waals surface area contributed by atoms with Gasteiger partial charge in [0.2, 0.25) is 0 Å². The van der Waals surface area contributed by atoms with Gasteiger partial charge in [0.25, 0.3) is 0 Å². The van der Waals surface area contributed by atoms with Gasteiger partial charge in [-0.3, -0.25) is 4.79 Å². The maximum absolute atomic E-state index is 11.1. The molecule has 3 heteroatoms. The Hall–Kier alpha value is -0.670. The summed E-state index contributed by atoms with van der Waals surface area (Å²) in [6.45, 7) is 1.41. The largest absolute Gasteiger partial charge is 0.347 e. The van der Waals surface area contributed by atoms with E-state index in [1.54, 1.807) is 0 Å². The molecule has 1 heterocycles. The molecule has 3 rings (SSSR count). The third-order valence-corrected chi connectivity index (χ3v) is 3.19. The van der Waals surface area contributed by atoms with Crippen molar-refractivity contribution in [1.29, 1.82) is 0 Å². The number of allylic oxidation sites excluding steroid dienone is 1. The van der Waals surface area contributed by atoms with Gasteiger partial charge in [-0.05, 0) is 12.0 Å². The molecule has 0 aromatic rings. The van der Waals surface area contributed by atoms with Crippen molar-refractivity contribution in [2.75, 3.05) is 13.2 Å². The number of carbonyl (C=O) groups excluding carboxylic acids is 1. The Balaban J connectivity index is 1.85. The molecule has 0 saturated carbocycles. The van der Waals surface area contributed by atoms with E-state index in [1.807, 2.05) is 0 Å². The summed E-state index contributed by atoms with van der Waals surface area (Å²) in [5.41, 5.74) is 2.34. The molecule has 1 spiro atoms. The molecule has 1 aliphatic heterocycles. The lowest BCUT2D eigenvalue weighted by Crippen LogP contribution is -2.38. The molecule has 0 N–H and O–H groups in total. The van der Waals surface area contributed by atoms with Crippen LogP contribution < -0.4 is 0 Å². The highest BCUT2D eigenvalue weighted by Gasteiger charge is 2.44. The normalized spacial score (nSPS) is 30.6. The van der Waals surface area contributed by atoms with Crippen molar-refractivity contribution in [3.8, 4) is 0 Å². The molecule has 0 atom stereocenters. The number of Topliss-reactive ketones (excluding diaryl/α,β-unsaturated/α-hetero) is 1. The van der Waals surface area contributed by atoms with Crippen molar-refractivity contribution in [2.24, 2.45) is 0 Å². The van der Waals surface area contributed by atoms with Crippen LogP contribution >= 0.6 is 0 Å². The molecule has 0 amide bonds. The first kappa shape index (κ1) is 7.71. The van der Waals surface area contributed by atoms with Gasteiger partial charge in [0.05, 0.1) is 13.2 Å². The van der Waals surface area contributed by atoms with Crippen molar-refractivity contribution < 1.29 is 14.3 Å². The van der Waals surface area contributed by atoms with Crippen LogP contribution in [0.1, 0.15) is 25.7 Å². The summed E-state index contributed by atoms with van der Waals surface area (Å²) in [4.78, 5) is 11.1. The van der Waals surface area contributed by atoms with Gasteiger partial charge in [-0.2, -0.15) is 0 Å². The van der Waals surface area contributed by atoms with Crippen molar-refractivity contribution >= 4 is 5.78 Å². The zero-order valence-electron chi connectivity index (χ0n) is 7.47. The molecule has 1 fully saturated rings. The van der Waals surface area contributed by atoms with Gasteiger partial charge in [0, 0.05) is 19.3 Å². The van der Waals surface area contributed by atoms with Gasteiger partial charge < -0.3 is 9.47 Å². The number of rotatable bonds is 0. The van der Waals surface area contributed by atoms with Gasteiger partial charge in [-0.15, -0.1) is 0 Å². The van der Waals surface area contributed by atoms with Gasteiger partial charge in [0.1, 0.15) is 0 Å². The second-order valence-electron chi connectivity index (χ2n) is 3.97. The van der Waals surface area contributed by atoms with Gasteiger partial charge >= 0.3 is 0 Å². The standard InChI is InChI=1S/C10H12O3/c11-9-5-7-6-10(2-1-8(7)9)12-3-4-13-10/h1-6H2. The topological polar surface area (TPSA) is 35.5 Å². The van der Waals surface area contributed by atoms with Crippen LogP contribution in [0.5, 0.6) is 0 Å². The molecule has 0 bridgehead atoms. The first-order valence-electron chi connectivity index (χ1n) is 4.81. The maximum atomic E-state index is 11.1. The van der Waals surface area contributed by atoms with Crippen LogP contribution in [-0.4, -0.2) is 24.8 Å². The van der Waals surface area contributed by atoms with Crippen molar-refractivity contribution in [2.45, 2.75) is 31.5 Å². The van der Waals surface area contributed by atoms with Crippen LogP contribution in [0, 0.1) is 0 Å². The lowest BCUT2D eigenvalue weighted by atomic mass is 9.75. The average Bonchev–Trinajstić information content (AvgIpc) is 2.52. The van der Waals surface area contributed by atoms with E-state index in [9.17, 15) is 4.79 Å². The molecule has 1 saturated heterocycles. The van der Waals surface area contributed by atoms with Crippen LogP contribution in [-0.2, 0) is 14.3 Å². The van der Waals surface area contributed by atoms with Crippen molar-refractivity contribution in [3.63, 3.8) is 0 Å². The van der Waals surface area contributed by atoms with E-state index >= 15 is 0 Å². The summed E-state index contributed by atoms with van der Waals surface area (Å²) in [6.07, 6.45) is 3.18. The maximum Gasteiger partial charge on any atom is 0.172 e. The molecular formula is C10H12O3. The Kier molecular flexibility index (Phi) is 1.44. The smallest absolute Gasteiger partial charge is 0.172 e. The van der Waals surface area contributed by atoms with Gasteiger partial charge in [-0.1, -0.05) is 5.57 Å². The summed E-state index contributed by atoms with van der Waals surface area (Å²) in [5.74, 6) is -0.0117. The van der Waals surface area contributed by atoms with Crippen LogP contribution in [0.2, 0.25) is 0 Å². The van der Waals surface area contributed by atoms with Crippen LogP contribution in [0.4, 0.5) is 0 Å². The van der Waals surface area contributed by atoms with E-state index in [0.29, 0.717) is 25.4 Å². The number of ketones is 1. The Bertz CT molecular complexity index is 297. The summed E-state index contributed by atoms with van der Waals surface area (Å²) >= 11 is 0. The Morgan fingerprint density at radius 2 is 2.00 bits per heavy atom. The summed E-state index contributed by atoms with van der Waals surface area (Å²) < 4.78 is 11.2. The Morgan fingerprint density at radius 1 is 1.23 bits per heavy atom. The van der Waals surface area contributed by atoms with E-state index in [0.717, 1.165) is 24.8 Å². The molecular weight excluding hydrogens is 168 g/mol. The van der Waals surface area contributed by atoms with E-state index in [-0.39, 0.29) is 5.79 Å². The highest BCUT2D eigenvalue weighted by molar-refractivity contribution is 6.04. The number of carbonyl (C=O) groups is 1. The van der Waals surface area contributed by atoms with Crippen LogP contribution in [0.15, 0.2) is 11.1 Å². The number of hydrogen-bond acceptors (Lipinski definition) is 3. The summed E-state index contributed by atoms with van der Waals surface area (Å²) in [7, 11) is 0. The monoisotopic (exact) mass is 180 g/mol. The van der Waals surface area contributed by atoms with Crippen LogP contribution in [0.25, 0.3) is 0 Å². The minimum absolute atomic E-state index is 0.336. The fraction of sp³-hybridized carbons (Fsp3) is 0.700. The van der Waals surface area contributed by atoms with E-state index in [1.165, 1.54) is 5.57 Å². The molecule has 13 heavy (non-hydrogen) atoms. The number of hydrogen-bond donors (Lipinski definition) is 0. The minimum atomic E-state index is -0.348. The Morgan fingerprint density at radius 3 is 2.62 bits per heavy atom. The highest BCUT2D eigenvalue weighted by Crippen LogP contribution is 2.44. The first-order valence-corrected chi connectivity index (χ1v) is 4.81. The van der Waals surface area contributed by atoms with Gasteiger partial charge in [0.15, 0.2) is 11.6 Å². The van der Waals surface area contributed by atoms with E-state index < -0.39 is 0 Å². The van der Waals surface area contributed by atoms with E-state index in [2.05, 4.69) is 0 Å². The third-order valence-electron chi connectivity index (χ3n) is 3.19. The predicted molar refractivity (Wildman–Crippen MR) is 45.1 cm³/mol. The molecule has 0 aromatic heterocycles. The van der Waals surface area contributed by atoms with Crippen LogP contribution in [0.3, 0.4) is 0 Å². The average molecular weight is 180 g/mol. The Labute approximate surface area is 76.7 Å². The first-order chi connectivity index (χ1) is 6.29. The molecule has 3 aliphatic rings. The summed E-state index contributed by atoms with van der Waals surface area (Å²) in [5, 5.41) is 0. The molecule has 0 radical (unpaired) electrons. The lowest BCUT2D eigenvalue weighted by Gasteiger charge is -2.37. The SMILES string of the molecule is O=C1CC2=C1CCC1(C2)OCCO1. The predicted octanol–water partition coefficient (Wildman–Crippen LogP) is 1.18. The molecule has 2 aliphatic carbocycles. The lowest BCUT2D eigenvalue weighted by molar-refractivity contribution is -0.166. The zero-order chi connectivity index (χ0) is 8.89. The second kappa shape index (κ2) is 2.42. The van der Waals surface area contributed by atoms with Gasteiger partial charge in [-0.25, -0.2) is 0 Å². The molecule has 0 aromatic carbocycles. The molecule has 0 unspecified atom stereocenters. The van der Waals surface area contributed by atoms with E-state index in [4.69, 9.17) is 9.47 Å². The third kappa shape index (κ3) is 1.00. The molecule has 3 nitrogen and oxygen atoms in total. The molecule has 70 valence electrons. The van der Waals surface area contributed by atoms with Crippen molar-refractivity contribution in [1.82, 2.24) is 0 Å². The zero-order valence-corrected chi connectivity index (χ0v) is 7.47.